The topological polar surface area (TPSA) is 70.7 Å². The molecule has 0 bridgehead atoms. The summed E-state index contributed by atoms with van der Waals surface area (Å²) in [4.78, 5) is 16.3. The second kappa shape index (κ2) is 7.67. The van der Waals surface area contributed by atoms with Gasteiger partial charge in [0.15, 0.2) is 5.82 Å². The van der Waals surface area contributed by atoms with Crippen LogP contribution in [0.3, 0.4) is 0 Å². The number of nitrogens with zero attached hydrogens (tertiary/aromatic N) is 2. The molecule has 1 aromatic heterocycles. The van der Waals surface area contributed by atoms with Crippen molar-refractivity contribution in [2.45, 2.75) is 12.1 Å². The van der Waals surface area contributed by atoms with E-state index in [4.69, 9.17) is 11.6 Å². The smallest absolute Gasteiger partial charge is 0.234 e. The monoisotopic (exact) mass is 376 g/mol. The quantitative estimate of drug-likeness (QED) is 0.651. The molecule has 1 heterocycles. The highest BCUT2D eigenvalue weighted by Gasteiger charge is 2.12. The van der Waals surface area contributed by atoms with E-state index in [9.17, 15) is 9.18 Å². The number of thioether (sulfide) groups is 1. The summed E-state index contributed by atoms with van der Waals surface area (Å²) in [5.74, 6) is -0.135. The summed E-state index contributed by atoms with van der Waals surface area (Å²) in [5.41, 5.74) is 1.81. The van der Waals surface area contributed by atoms with Crippen LogP contribution in [0.5, 0.6) is 0 Å². The van der Waals surface area contributed by atoms with Crippen LogP contribution < -0.4 is 5.32 Å². The van der Waals surface area contributed by atoms with Gasteiger partial charge in [0.05, 0.1) is 11.3 Å². The Morgan fingerprint density at radius 2 is 2.08 bits per heavy atom. The number of benzene rings is 2. The van der Waals surface area contributed by atoms with Crippen LogP contribution in [0.15, 0.2) is 47.6 Å². The van der Waals surface area contributed by atoms with E-state index in [1.54, 1.807) is 36.4 Å². The minimum atomic E-state index is -0.385. The highest BCUT2D eigenvalue weighted by Crippen LogP contribution is 2.24. The molecule has 0 aliphatic heterocycles. The van der Waals surface area contributed by atoms with E-state index in [1.165, 1.54) is 6.07 Å². The molecule has 3 aromatic rings. The maximum absolute atomic E-state index is 13.7. The summed E-state index contributed by atoms with van der Waals surface area (Å²) < 4.78 is 13.7. The van der Waals surface area contributed by atoms with Crippen molar-refractivity contribution in [3.8, 4) is 11.4 Å². The van der Waals surface area contributed by atoms with Crippen LogP contribution >= 0.6 is 23.4 Å². The van der Waals surface area contributed by atoms with Crippen LogP contribution in [0, 0.1) is 12.7 Å². The second-order valence-corrected chi connectivity index (χ2v) is 6.55. The third kappa shape index (κ3) is 4.18. The fraction of sp³-hybridized carbons (Fsp3) is 0.118. The summed E-state index contributed by atoms with van der Waals surface area (Å²) in [6.45, 7) is 1.83. The lowest BCUT2D eigenvalue weighted by Crippen LogP contribution is -2.15. The highest BCUT2D eigenvalue weighted by atomic mass is 35.5. The van der Waals surface area contributed by atoms with Crippen LogP contribution in [0.1, 0.15) is 5.56 Å². The van der Waals surface area contributed by atoms with Gasteiger partial charge in [0.25, 0.3) is 0 Å². The number of aromatic nitrogens is 3. The predicted molar refractivity (Wildman–Crippen MR) is 97.3 cm³/mol. The van der Waals surface area contributed by atoms with Gasteiger partial charge in [-0.2, -0.15) is 0 Å². The average molecular weight is 377 g/mol. The van der Waals surface area contributed by atoms with Gasteiger partial charge in [0, 0.05) is 10.7 Å². The van der Waals surface area contributed by atoms with Crippen molar-refractivity contribution < 1.29 is 9.18 Å². The number of nitrogens with one attached hydrogen (secondary N) is 2. The molecule has 1 amide bonds. The van der Waals surface area contributed by atoms with Crippen molar-refractivity contribution in [3.63, 3.8) is 0 Å². The molecule has 0 unspecified atom stereocenters. The van der Waals surface area contributed by atoms with Crippen molar-refractivity contribution in [1.82, 2.24) is 15.2 Å². The number of hydrogen-bond donors (Lipinski definition) is 2. The van der Waals surface area contributed by atoms with Crippen LogP contribution in [0.25, 0.3) is 11.4 Å². The molecule has 0 aliphatic carbocycles. The van der Waals surface area contributed by atoms with Crippen molar-refractivity contribution in [2.24, 2.45) is 0 Å². The Morgan fingerprint density at radius 3 is 2.88 bits per heavy atom. The summed E-state index contributed by atoms with van der Waals surface area (Å²) in [5, 5.41) is 10.4. The van der Waals surface area contributed by atoms with E-state index in [0.29, 0.717) is 27.3 Å². The third-order valence-corrected chi connectivity index (χ3v) is 4.72. The van der Waals surface area contributed by atoms with E-state index in [-0.39, 0.29) is 17.5 Å². The van der Waals surface area contributed by atoms with E-state index >= 15 is 0 Å². The fourth-order valence-corrected chi connectivity index (χ4v) is 2.92. The Balaban J connectivity index is 1.62. The van der Waals surface area contributed by atoms with Gasteiger partial charge >= 0.3 is 0 Å². The average Bonchev–Trinajstić information content (AvgIpc) is 3.06. The first-order valence-corrected chi connectivity index (χ1v) is 8.76. The Morgan fingerprint density at radius 1 is 1.28 bits per heavy atom. The first kappa shape index (κ1) is 17.4. The molecule has 2 N–H and O–H groups in total. The molecule has 0 fully saturated rings. The lowest BCUT2D eigenvalue weighted by molar-refractivity contribution is -0.113. The van der Waals surface area contributed by atoms with E-state index in [0.717, 1.165) is 17.3 Å². The molecule has 5 nitrogen and oxygen atoms in total. The van der Waals surface area contributed by atoms with E-state index < -0.39 is 0 Å². The van der Waals surface area contributed by atoms with Crippen LogP contribution in [-0.2, 0) is 4.79 Å². The van der Waals surface area contributed by atoms with Gasteiger partial charge in [-0.3, -0.25) is 9.89 Å². The molecule has 0 saturated carbocycles. The number of aromatic amines is 1. The Bertz CT molecular complexity index is 915. The van der Waals surface area contributed by atoms with Gasteiger partial charge in [-0.05, 0) is 36.8 Å². The van der Waals surface area contributed by atoms with Gasteiger partial charge in [0.2, 0.25) is 11.1 Å². The van der Waals surface area contributed by atoms with Gasteiger partial charge in [-0.1, -0.05) is 41.6 Å². The van der Waals surface area contributed by atoms with E-state index in [1.807, 2.05) is 6.92 Å². The van der Waals surface area contributed by atoms with E-state index in [2.05, 4.69) is 20.5 Å². The number of rotatable bonds is 5. The van der Waals surface area contributed by atoms with Crippen LogP contribution in [-0.4, -0.2) is 26.8 Å². The molecule has 25 heavy (non-hydrogen) atoms. The molecule has 128 valence electrons. The van der Waals surface area contributed by atoms with Crippen molar-refractivity contribution in [2.75, 3.05) is 11.1 Å². The Labute approximate surface area is 153 Å². The molecule has 2 aromatic carbocycles. The molecule has 0 radical (unpaired) electrons. The lowest BCUT2D eigenvalue weighted by atomic mass is 10.2. The molecule has 3 rings (SSSR count). The van der Waals surface area contributed by atoms with Gasteiger partial charge in [-0.15, -0.1) is 5.10 Å². The first-order chi connectivity index (χ1) is 12.0. The number of halogens is 2. The number of H-pyrrole nitrogens is 1. The predicted octanol–water partition coefficient (Wildman–Crippen LogP) is 4.30. The summed E-state index contributed by atoms with van der Waals surface area (Å²) in [7, 11) is 0. The molecular weight excluding hydrogens is 363 g/mol. The summed E-state index contributed by atoms with van der Waals surface area (Å²) in [6, 6.07) is 11.6. The minimum Gasteiger partial charge on any atom is -0.325 e. The zero-order chi connectivity index (χ0) is 17.8. The number of anilines is 1. The molecule has 0 spiro atoms. The van der Waals surface area contributed by atoms with Crippen molar-refractivity contribution >= 4 is 35.0 Å². The molecule has 0 aliphatic rings. The summed E-state index contributed by atoms with van der Waals surface area (Å²) >= 11 is 7.19. The van der Waals surface area contributed by atoms with Gasteiger partial charge in [0.1, 0.15) is 5.82 Å². The number of amides is 1. The Kier molecular flexibility index (Phi) is 5.35. The Hall–Kier alpha value is -2.38. The van der Waals surface area contributed by atoms with Crippen LogP contribution in [0.4, 0.5) is 10.1 Å². The standard InChI is InChI=1S/C17H14ClFN4OS/c1-10-12(18)6-4-8-14(10)20-15(24)9-25-17-21-16(22-23-17)11-5-2-3-7-13(11)19/h2-8H,9H2,1H3,(H,20,24)(H,21,22,23). The van der Waals surface area contributed by atoms with Crippen molar-refractivity contribution in [1.29, 1.82) is 0 Å². The lowest BCUT2D eigenvalue weighted by Gasteiger charge is -2.08. The first-order valence-electron chi connectivity index (χ1n) is 7.39. The normalized spacial score (nSPS) is 10.7. The maximum atomic E-state index is 13.7. The highest BCUT2D eigenvalue weighted by molar-refractivity contribution is 7.99. The third-order valence-electron chi connectivity index (χ3n) is 3.47. The summed E-state index contributed by atoms with van der Waals surface area (Å²) in [6.07, 6.45) is 0. The zero-order valence-electron chi connectivity index (χ0n) is 13.2. The van der Waals surface area contributed by atoms with Gasteiger partial charge < -0.3 is 5.32 Å². The van der Waals surface area contributed by atoms with Gasteiger partial charge in [-0.25, -0.2) is 9.37 Å². The fourth-order valence-electron chi connectivity index (χ4n) is 2.14. The molecule has 0 atom stereocenters. The molecule has 0 saturated heterocycles. The molecule has 8 heteroatoms. The zero-order valence-corrected chi connectivity index (χ0v) is 14.8. The largest absolute Gasteiger partial charge is 0.325 e. The number of hydrogen-bond acceptors (Lipinski definition) is 4. The second-order valence-electron chi connectivity index (χ2n) is 5.20. The van der Waals surface area contributed by atoms with Crippen molar-refractivity contribution in [3.05, 3.63) is 58.9 Å². The molecular formula is C17H14ClFN4OS. The van der Waals surface area contributed by atoms with Crippen LogP contribution in [0.2, 0.25) is 5.02 Å². The SMILES string of the molecule is Cc1c(Cl)cccc1NC(=O)CSc1n[nH]c(-c2ccccc2F)n1. The maximum Gasteiger partial charge on any atom is 0.234 e. The minimum absolute atomic E-state index is 0.126. The number of carbonyl (C=O) groups is 1. The number of carbonyl (C=O) groups excluding carboxylic acids is 1.